The number of H-pyrrole nitrogens is 1. The van der Waals surface area contributed by atoms with Crippen molar-refractivity contribution in [1.29, 1.82) is 0 Å². The number of nitrogens with one attached hydrogen (secondary N) is 1. The number of rotatable bonds is 6. The molecule has 0 aliphatic carbocycles. The summed E-state index contributed by atoms with van der Waals surface area (Å²) >= 11 is 0. The van der Waals surface area contributed by atoms with Crippen LogP contribution in [0.5, 0.6) is 0 Å². The summed E-state index contributed by atoms with van der Waals surface area (Å²) in [7, 11) is 3.95. The van der Waals surface area contributed by atoms with Gasteiger partial charge in [-0.2, -0.15) is 0 Å². The maximum atomic E-state index is 11.3. The van der Waals surface area contributed by atoms with Gasteiger partial charge in [-0.25, -0.2) is 4.98 Å². The van der Waals surface area contributed by atoms with Gasteiger partial charge in [0.05, 0.1) is 6.42 Å². The highest BCUT2D eigenvalue weighted by Crippen LogP contribution is 2.35. The summed E-state index contributed by atoms with van der Waals surface area (Å²) in [6.07, 6.45) is 4.21. The van der Waals surface area contributed by atoms with E-state index in [9.17, 15) is 9.90 Å². The molecule has 0 radical (unpaired) electrons. The summed E-state index contributed by atoms with van der Waals surface area (Å²) in [5.41, 5.74) is 5.58. The second-order valence-electron chi connectivity index (χ2n) is 6.34. The Morgan fingerprint density at radius 2 is 2.00 bits per heavy atom. The van der Waals surface area contributed by atoms with Gasteiger partial charge in [-0.1, -0.05) is 13.0 Å². The summed E-state index contributed by atoms with van der Waals surface area (Å²) in [6, 6.07) is 8.13. The van der Waals surface area contributed by atoms with Crippen molar-refractivity contribution in [2.24, 2.45) is 0 Å². The highest BCUT2D eigenvalue weighted by atomic mass is 16.4. The number of hydrogen-bond donors (Lipinski definition) is 2. The Bertz CT molecular complexity index is 868. The number of benzene rings is 1. The van der Waals surface area contributed by atoms with Gasteiger partial charge in [0.15, 0.2) is 5.65 Å². The molecule has 0 bridgehead atoms. The molecule has 6 heteroatoms. The first-order chi connectivity index (χ1) is 12.0. The molecule has 130 valence electrons. The number of hydrogen-bond acceptors (Lipinski definition) is 4. The van der Waals surface area contributed by atoms with Crippen LogP contribution in [-0.4, -0.2) is 40.1 Å². The van der Waals surface area contributed by atoms with E-state index in [1.165, 1.54) is 0 Å². The monoisotopic (exact) mass is 338 g/mol. The Balaban J connectivity index is 2.09. The number of aromatic nitrogens is 3. The first kappa shape index (κ1) is 17.0. The molecule has 0 aliphatic heterocycles. The molecule has 0 fully saturated rings. The highest BCUT2D eigenvalue weighted by Gasteiger charge is 2.19. The van der Waals surface area contributed by atoms with Crippen LogP contribution in [0.15, 0.2) is 36.7 Å². The maximum absolute atomic E-state index is 11.3. The fourth-order valence-electron chi connectivity index (χ4n) is 3.15. The largest absolute Gasteiger partial charge is 0.481 e. The molecule has 6 nitrogen and oxygen atoms in total. The van der Waals surface area contributed by atoms with Crippen molar-refractivity contribution in [2.75, 3.05) is 19.0 Å². The van der Waals surface area contributed by atoms with Crippen LogP contribution in [0, 0.1) is 0 Å². The van der Waals surface area contributed by atoms with Crippen molar-refractivity contribution < 1.29 is 9.90 Å². The van der Waals surface area contributed by atoms with Gasteiger partial charge in [0.2, 0.25) is 0 Å². The number of carboxylic acid groups (broad SMARTS) is 1. The molecule has 3 aromatic rings. The first-order valence-electron chi connectivity index (χ1n) is 8.32. The van der Waals surface area contributed by atoms with Gasteiger partial charge < -0.3 is 15.0 Å². The van der Waals surface area contributed by atoms with Crippen molar-refractivity contribution >= 4 is 22.8 Å². The van der Waals surface area contributed by atoms with Crippen LogP contribution in [-0.2, 0) is 4.79 Å². The SMILES string of the molecule is CCC(CC(=O)O)c1cc(-c2cc3nccnc3[nH]2)ccc1N(C)C. The molecule has 0 saturated carbocycles. The minimum atomic E-state index is -0.777. The Morgan fingerprint density at radius 1 is 1.24 bits per heavy atom. The standard InChI is InChI=1S/C19H22N4O2/c1-4-12(10-18(24)25)14-9-13(5-6-17(14)23(2)3)15-11-16-19(22-15)21-8-7-20-16/h5-9,11-12H,4,10H2,1-3H3,(H,21,22)(H,24,25). The average Bonchev–Trinajstić information content (AvgIpc) is 3.03. The van der Waals surface area contributed by atoms with Crippen LogP contribution < -0.4 is 4.90 Å². The number of aliphatic carboxylic acids is 1. The molecule has 1 atom stereocenters. The molecular weight excluding hydrogens is 316 g/mol. The number of carboxylic acids is 1. The summed E-state index contributed by atoms with van der Waals surface area (Å²) in [5, 5.41) is 9.25. The van der Waals surface area contributed by atoms with Gasteiger partial charge in [0, 0.05) is 37.9 Å². The van der Waals surface area contributed by atoms with E-state index < -0.39 is 5.97 Å². The number of aromatic amines is 1. The van der Waals surface area contributed by atoms with Gasteiger partial charge in [0.25, 0.3) is 0 Å². The molecule has 0 amide bonds. The third kappa shape index (κ3) is 3.47. The average molecular weight is 338 g/mol. The molecule has 2 aromatic heterocycles. The maximum Gasteiger partial charge on any atom is 0.303 e. The Labute approximate surface area is 146 Å². The van der Waals surface area contributed by atoms with E-state index >= 15 is 0 Å². The van der Waals surface area contributed by atoms with E-state index in [2.05, 4.69) is 21.0 Å². The van der Waals surface area contributed by atoms with Gasteiger partial charge in [-0.3, -0.25) is 9.78 Å². The number of anilines is 1. The van der Waals surface area contributed by atoms with Crippen molar-refractivity contribution in [3.63, 3.8) is 0 Å². The van der Waals surface area contributed by atoms with Crippen LogP contribution in [0.4, 0.5) is 5.69 Å². The van der Waals surface area contributed by atoms with Crippen LogP contribution in [0.2, 0.25) is 0 Å². The normalized spacial score (nSPS) is 12.3. The predicted molar refractivity (Wildman–Crippen MR) is 98.9 cm³/mol. The van der Waals surface area contributed by atoms with Gasteiger partial charge in [-0.05, 0) is 41.7 Å². The summed E-state index contributed by atoms with van der Waals surface area (Å²) in [6.45, 7) is 2.02. The summed E-state index contributed by atoms with van der Waals surface area (Å²) in [4.78, 5) is 25.2. The molecule has 25 heavy (non-hydrogen) atoms. The highest BCUT2D eigenvalue weighted by molar-refractivity contribution is 5.80. The van der Waals surface area contributed by atoms with Crippen LogP contribution in [0.1, 0.15) is 31.2 Å². The molecule has 0 saturated heterocycles. The molecule has 1 unspecified atom stereocenters. The first-order valence-corrected chi connectivity index (χ1v) is 8.32. The van der Waals surface area contributed by atoms with Crippen LogP contribution >= 0.6 is 0 Å². The lowest BCUT2D eigenvalue weighted by molar-refractivity contribution is -0.137. The lowest BCUT2D eigenvalue weighted by Crippen LogP contribution is -2.15. The van der Waals surface area contributed by atoms with E-state index in [0.717, 1.165) is 40.1 Å². The van der Waals surface area contributed by atoms with E-state index in [4.69, 9.17) is 0 Å². The molecule has 0 aliphatic rings. The summed E-state index contributed by atoms with van der Waals surface area (Å²) < 4.78 is 0. The van der Waals surface area contributed by atoms with E-state index in [-0.39, 0.29) is 12.3 Å². The zero-order valence-electron chi connectivity index (χ0n) is 14.7. The Kier molecular flexibility index (Phi) is 4.70. The van der Waals surface area contributed by atoms with Crippen molar-refractivity contribution in [3.8, 4) is 11.3 Å². The van der Waals surface area contributed by atoms with Crippen molar-refractivity contribution in [2.45, 2.75) is 25.7 Å². The van der Waals surface area contributed by atoms with E-state index in [1.54, 1.807) is 12.4 Å². The molecular formula is C19H22N4O2. The van der Waals surface area contributed by atoms with E-state index in [1.807, 2.05) is 44.1 Å². The second-order valence-corrected chi connectivity index (χ2v) is 6.34. The van der Waals surface area contributed by atoms with Crippen LogP contribution in [0.3, 0.4) is 0 Å². The topological polar surface area (TPSA) is 82.1 Å². The minimum Gasteiger partial charge on any atom is -0.481 e. The van der Waals surface area contributed by atoms with Crippen molar-refractivity contribution in [3.05, 3.63) is 42.2 Å². The second kappa shape index (κ2) is 6.93. The number of nitrogens with zero attached hydrogens (tertiary/aromatic N) is 3. The lowest BCUT2D eigenvalue weighted by atomic mass is 9.89. The molecule has 1 aromatic carbocycles. The molecule has 2 heterocycles. The molecule has 2 N–H and O–H groups in total. The van der Waals surface area contributed by atoms with Crippen LogP contribution in [0.25, 0.3) is 22.4 Å². The minimum absolute atomic E-state index is 0.0320. The Hall–Kier alpha value is -2.89. The fourth-order valence-corrected chi connectivity index (χ4v) is 3.15. The zero-order valence-corrected chi connectivity index (χ0v) is 14.7. The molecule has 3 rings (SSSR count). The number of fused-ring (bicyclic) bond motifs is 1. The van der Waals surface area contributed by atoms with Crippen molar-refractivity contribution in [1.82, 2.24) is 15.0 Å². The van der Waals surface area contributed by atoms with E-state index in [0.29, 0.717) is 0 Å². The smallest absolute Gasteiger partial charge is 0.303 e. The quantitative estimate of drug-likeness (QED) is 0.717. The third-order valence-electron chi connectivity index (χ3n) is 4.43. The van der Waals surface area contributed by atoms with Gasteiger partial charge in [-0.15, -0.1) is 0 Å². The summed E-state index contributed by atoms with van der Waals surface area (Å²) in [5.74, 6) is -0.809. The van der Waals surface area contributed by atoms with Gasteiger partial charge >= 0.3 is 5.97 Å². The third-order valence-corrected chi connectivity index (χ3v) is 4.43. The zero-order chi connectivity index (χ0) is 18.0. The number of carbonyl (C=O) groups is 1. The Morgan fingerprint density at radius 3 is 2.64 bits per heavy atom. The molecule has 0 spiro atoms. The lowest BCUT2D eigenvalue weighted by Gasteiger charge is -2.23. The predicted octanol–water partition coefficient (Wildman–Crippen LogP) is 3.66. The van der Waals surface area contributed by atoms with Gasteiger partial charge in [0.1, 0.15) is 5.52 Å². The fraction of sp³-hybridized carbons (Fsp3) is 0.316.